The third-order valence-corrected chi connectivity index (χ3v) is 0. The van der Waals surface area contributed by atoms with Gasteiger partial charge in [0, 0.05) is 34.1 Å². The molecular formula is C8H20Cu2O8+4. The molecule has 18 heavy (non-hydrogen) atoms. The largest absolute Gasteiger partial charge is 0.477 e. The zero-order valence-corrected chi connectivity index (χ0v) is 12.1. The maximum Gasteiger partial charge on any atom is 0.477 e. The third-order valence-electron chi connectivity index (χ3n) is 0. The maximum atomic E-state index is 7.53. The van der Waals surface area contributed by atoms with E-state index in [1.807, 2.05) is 0 Å². The number of aliphatic hydroxyl groups excluding tert-OH is 4. The van der Waals surface area contributed by atoms with Crippen LogP contribution in [-0.2, 0) is 34.1 Å². The molecule has 0 unspecified atom stereocenters. The van der Waals surface area contributed by atoms with E-state index < -0.39 is 23.9 Å². The van der Waals surface area contributed by atoms with Gasteiger partial charge in [0.15, 0.2) is 0 Å². The summed E-state index contributed by atoms with van der Waals surface area (Å²) in [6.45, 7) is 4.78. The Labute approximate surface area is 125 Å². The minimum atomic E-state index is -0.583. The Balaban J connectivity index is -0.0000000257. The Kier molecular flexibility index (Phi) is 59.4. The van der Waals surface area contributed by atoms with Crippen molar-refractivity contribution in [1.82, 2.24) is 0 Å². The number of hydrogen-bond donors (Lipinski definition) is 4. The zero-order valence-electron chi connectivity index (χ0n) is 10.2. The molecule has 0 atom stereocenters. The van der Waals surface area contributed by atoms with Gasteiger partial charge in [-0.25, -0.2) is 0 Å². The van der Waals surface area contributed by atoms with Gasteiger partial charge in [0.2, 0.25) is 0 Å². The van der Waals surface area contributed by atoms with Gasteiger partial charge in [-0.3, -0.25) is 0 Å². The predicted octanol–water partition coefficient (Wildman–Crippen LogP) is 0.262. The van der Waals surface area contributed by atoms with E-state index in [4.69, 9.17) is 39.6 Å². The Morgan fingerprint density at radius 2 is 0.500 bits per heavy atom. The molecule has 0 heterocycles. The smallest absolute Gasteiger partial charge is 0.339 e. The average Bonchev–Trinajstić information content (AvgIpc) is 1.76. The molecule has 0 aromatic rings. The Hall–Kier alpha value is -1.08. The number of aliphatic carboxylic acids is 4. The molecule has 0 aromatic heterocycles. The summed E-state index contributed by atoms with van der Waals surface area (Å²) in [6, 6.07) is 0. The molecule has 0 bridgehead atoms. The van der Waals surface area contributed by atoms with Gasteiger partial charge >= 0.3 is 23.9 Å². The number of carboxylic acids is 4. The summed E-state index contributed by atoms with van der Waals surface area (Å²) in [6.07, 6.45) is 0. The molecule has 0 fully saturated rings. The van der Waals surface area contributed by atoms with Gasteiger partial charge in [0.25, 0.3) is 0 Å². The van der Waals surface area contributed by atoms with Crippen molar-refractivity contribution < 1.29 is 73.7 Å². The van der Waals surface area contributed by atoms with Crippen LogP contribution in [0.3, 0.4) is 0 Å². The van der Waals surface area contributed by atoms with E-state index >= 15 is 0 Å². The standard InChI is InChI=1S/4C2H4O2.2Cu/c4*1-2(3)4;;/h4*1H3,(H,3,4);;/p+4. The molecule has 2 radical (unpaired) electrons. The van der Waals surface area contributed by atoms with E-state index in [1.54, 1.807) is 0 Å². The summed E-state index contributed by atoms with van der Waals surface area (Å²) >= 11 is 0. The van der Waals surface area contributed by atoms with E-state index in [2.05, 4.69) is 0 Å². The summed E-state index contributed by atoms with van der Waals surface area (Å²) in [5.74, 6) is -2.33. The van der Waals surface area contributed by atoms with E-state index in [1.165, 1.54) is 27.7 Å². The molecule has 0 saturated carbocycles. The molecule has 0 aromatic carbocycles. The van der Waals surface area contributed by atoms with Gasteiger partial charge in [-0.15, -0.1) is 0 Å². The normalized spacial score (nSPS) is 5.56. The Morgan fingerprint density at radius 3 is 0.500 bits per heavy atom. The molecule has 0 saturated heterocycles. The number of rotatable bonds is 0. The first kappa shape index (κ1) is 36.0. The van der Waals surface area contributed by atoms with Crippen LogP contribution in [0, 0.1) is 0 Å². The van der Waals surface area contributed by atoms with Crippen LogP contribution in [0.2, 0.25) is 0 Å². The first-order valence-electron chi connectivity index (χ1n) is 3.79. The molecule has 0 spiro atoms. The monoisotopic (exact) mass is 370 g/mol. The van der Waals surface area contributed by atoms with Gasteiger partial charge in [-0.2, -0.15) is 0 Å². The first-order chi connectivity index (χ1) is 6.93. The summed E-state index contributed by atoms with van der Waals surface area (Å²) < 4.78 is 0. The maximum absolute atomic E-state index is 7.53. The van der Waals surface area contributed by atoms with Crippen molar-refractivity contribution in [3.63, 3.8) is 0 Å². The molecule has 8 N–H and O–H groups in total. The topological polar surface area (TPSA) is 167 Å². The molecule has 0 aliphatic heterocycles. The predicted molar refractivity (Wildman–Crippen MR) is 61.0 cm³/mol. The second kappa shape index (κ2) is 29.7. The minimum Gasteiger partial charge on any atom is -0.339 e. The molecule has 118 valence electrons. The van der Waals surface area contributed by atoms with Crippen molar-refractivity contribution in [3.05, 3.63) is 0 Å². The fourth-order valence-electron chi connectivity index (χ4n) is 0. The van der Waals surface area contributed by atoms with Gasteiger partial charge < -0.3 is 39.6 Å². The van der Waals surface area contributed by atoms with Crippen molar-refractivity contribution in [1.29, 1.82) is 0 Å². The van der Waals surface area contributed by atoms with Crippen LogP contribution in [0.4, 0.5) is 0 Å². The quantitative estimate of drug-likeness (QED) is 0.354. The van der Waals surface area contributed by atoms with Crippen molar-refractivity contribution >= 4 is 23.9 Å². The van der Waals surface area contributed by atoms with Crippen LogP contribution >= 0.6 is 0 Å². The summed E-state index contributed by atoms with van der Waals surface area (Å²) in [4.78, 5) is 30.1. The Bertz CT molecular complexity index is 165. The van der Waals surface area contributed by atoms with Crippen LogP contribution in [0.25, 0.3) is 0 Å². The number of hydrogen-bond acceptors (Lipinski definition) is 0. The minimum absolute atomic E-state index is 0. The van der Waals surface area contributed by atoms with Crippen LogP contribution in [0.15, 0.2) is 0 Å². The van der Waals surface area contributed by atoms with E-state index in [-0.39, 0.29) is 34.1 Å². The molecule has 0 amide bonds. The summed E-state index contributed by atoms with van der Waals surface area (Å²) in [7, 11) is 0. The molecule has 10 heteroatoms. The van der Waals surface area contributed by atoms with Gasteiger partial charge in [-0.1, -0.05) is 0 Å². The fourth-order valence-corrected chi connectivity index (χ4v) is 0. The SMILES string of the molecule is CC(O)=[OH+].CC(O)=[OH+].CC(O)=[OH+].CC(O)=[OH+].[Cu].[Cu]. The third kappa shape index (κ3) is 2470. The van der Waals surface area contributed by atoms with Crippen molar-refractivity contribution in [2.24, 2.45) is 0 Å². The van der Waals surface area contributed by atoms with Crippen molar-refractivity contribution in [3.8, 4) is 0 Å². The van der Waals surface area contributed by atoms with Gasteiger partial charge in [0.1, 0.15) is 0 Å². The summed E-state index contributed by atoms with van der Waals surface area (Å²) in [5, 5.41) is 30.1. The van der Waals surface area contributed by atoms with Gasteiger partial charge in [0.05, 0.1) is 27.7 Å². The number of carboxylic acid groups (broad SMARTS) is 4. The van der Waals surface area contributed by atoms with Crippen molar-refractivity contribution in [2.75, 3.05) is 0 Å². The van der Waals surface area contributed by atoms with Gasteiger partial charge in [-0.05, 0) is 0 Å². The Morgan fingerprint density at radius 1 is 0.500 bits per heavy atom. The molecule has 0 rings (SSSR count). The average molecular weight is 371 g/mol. The molecule has 0 aliphatic rings. The second-order valence-corrected chi connectivity index (χ2v) is 2.19. The van der Waals surface area contributed by atoms with Crippen molar-refractivity contribution in [2.45, 2.75) is 27.7 Å². The first-order valence-corrected chi connectivity index (χ1v) is 3.79. The van der Waals surface area contributed by atoms with E-state index in [0.29, 0.717) is 0 Å². The van der Waals surface area contributed by atoms with Crippen LogP contribution < -0.4 is 0 Å². The van der Waals surface area contributed by atoms with Crippen LogP contribution in [0.5, 0.6) is 0 Å². The van der Waals surface area contributed by atoms with E-state index in [0.717, 1.165) is 0 Å². The second-order valence-electron chi connectivity index (χ2n) is 2.19. The molecule has 8 nitrogen and oxygen atoms in total. The zero-order chi connectivity index (χ0) is 14.3. The van der Waals surface area contributed by atoms with E-state index in [9.17, 15) is 0 Å². The molecule has 0 aliphatic carbocycles. The fraction of sp³-hybridized carbons (Fsp3) is 0.500. The summed E-state index contributed by atoms with van der Waals surface area (Å²) in [5.41, 5.74) is 0. The van der Waals surface area contributed by atoms with Crippen LogP contribution in [0.1, 0.15) is 27.7 Å². The molecular weight excluding hydrogens is 351 g/mol. The van der Waals surface area contributed by atoms with Crippen LogP contribution in [-0.4, -0.2) is 63.5 Å².